The maximum atomic E-state index is 4.74. The molecule has 0 aliphatic heterocycles. The second-order valence-corrected chi connectivity index (χ2v) is 6.83. The number of thiazole rings is 1. The Morgan fingerprint density at radius 1 is 1.10 bits per heavy atom. The molecule has 0 atom stereocenters. The Labute approximate surface area is 131 Å². The molecule has 1 fully saturated rings. The van der Waals surface area contributed by atoms with Crippen molar-refractivity contribution in [2.24, 2.45) is 5.92 Å². The van der Waals surface area contributed by atoms with Crippen LogP contribution >= 0.6 is 11.3 Å². The van der Waals surface area contributed by atoms with Crippen molar-refractivity contribution in [1.29, 1.82) is 0 Å². The highest BCUT2D eigenvalue weighted by atomic mass is 32.1. The molecule has 0 bridgehead atoms. The summed E-state index contributed by atoms with van der Waals surface area (Å²) in [5.41, 5.74) is 2.44. The lowest BCUT2D eigenvalue weighted by Crippen LogP contribution is -2.26. The van der Waals surface area contributed by atoms with Crippen molar-refractivity contribution in [1.82, 2.24) is 10.3 Å². The van der Waals surface area contributed by atoms with Gasteiger partial charge in [-0.15, -0.1) is 11.3 Å². The highest BCUT2D eigenvalue weighted by molar-refractivity contribution is 7.13. The highest BCUT2D eigenvalue weighted by Gasteiger charge is 2.12. The molecule has 2 nitrogen and oxygen atoms in total. The van der Waals surface area contributed by atoms with Crippen LogP contribution in [0.2, 0.25) is 0 Å². The van der Waals surface area contributed by atoms with Crippen molar-refractivity contribution < 1.29 is 0 Å². The van der Waals surface area contributed by atoms with Gasteiger partial charge in [0.25, 0.3) is 0 Å². The fourth-order valence-electron chi connectivity index (χ4n) is 3.05. The van der Waals surface area contributed by atoms with Gasteiger partial charge in [-0.2, -0.15) is 0 Å². The topological polar surface area (TPSA) is 24.9 Å². The van der Waals surface area contributed by atoms with Crippen molar-refractivity contribution in [2.75, 3.05) is 13.1 Å². The molecule has 0 unspecified atom stereocenters. The summed E-state index contributed by atoms with van der Waals surface area (Å²) in [4.78, 5) is 4.74. The summed E-state index contributed by atoms with van der Waals surface area (Å²) < 4.78 is 0. The van der Waals surface area contributed by atoms with E-state index in [-0.39, 0.29) is 0 Å². The lowest BCUT2D eigenvalue weighted by atomic mass is 9.89. The SMILES string of the molecule is c1ccc(-c2nc(CCNCC3CCCCC3)cs2)cc1. The second kappa shape index (κ2) is 7.71. The van der Waals surface area contributed by atoms with E-state index in [9.17, 15) is 0 Å². The van der Waals surface area contributed by atoms with Crippen LogP contribution in [0.1, 0.15) is 37.8 Å². The van der Waals surface area contributed by atoms with Gasteiger partial charge in [-0.3, -0.25) is 0 Å². The van der Waals surface area contributed by atoms with Gasteiger partial charge in [0.15, 0.2) is 0 Å². The van der Waals surface area contributed by atoms with Gasteiger partial charge >= 0.3 is 0 Å². The molecule has 2 aromatic rings. The van der Waals surface area contributed by atoms with E-state index in [1.54, 1.807) is 11.3 Å². The number of hydrogen-bond acceptors (Lipinski definition) is 3. The Balaban J connectivity index is 1.42. The van der Waals surface area contributed by atoms with Gasteiger partial charge in [0.05, 0.1) is 5.69 Å². The molecule has 112 valence electrons. The van der Waals surface area contributed by atoms with E-state index in [1.165, 1.54) is 49.9 Å². The van der Waals surface area contributed by atoms with Crippen LogP contribution in [-0.2, 0) is 6.42 Å². The first-order valence-corrected chi connectivity index (χ1v) is 9.00. The highest BCUT2D eigenvalue weighted by Crippen LogP contribution is 2.24. The minimum atomic E-state index is 0.911. The number of nitrogens with one attached hydrogen (secondary N) is 1. The molecule has 1 saturated carbocycles. The summed E-state index contributed by atoms with van der Waals surface area (Å²) in [5, 5.41) is 6.95. The second-order valence-electron chi connectivity index (χ2n) is 5.97. The molecule has 1 aliphatic rings. The van der Waals surface area contributed by atoms with Crippen molar-refractivity contribution in [3.63, 3.8) is 0 Å². The van der Waals surface area contributed by atoms with E-state index < -0.39 is 0 Å². The Morgan fingerprint density at radius 2 is 1.90 bits per heavy atom. The van der Waals surface area contributed by atoms with E-state index in [0.29, 0.717) is 0 Å². The van der Waals surface area contributed by atoms with Crippen LogP contribution in [0, 0.1) is 5.92 Å². The van der Waals surface area contributed by atoms with Crippen LogP contribution in [0.15, 0.2) is 35.7 Å². The van der Waals surface area contributed by atoms with E-state index in [4.69, 9.17) is 4.98 Å². The zero-order valence-electron chi connectivity index (χ0n) is 12.6. The number of nitrogens with zero attached hydrogens (tertiary/aromatic N) is 1. The van der Waals surface area contributed by atoms with Gasteiger partial charge in [0.1, 0.15) is 5.01 Å². The summed E-state index contributed by atoms with van der Waals surface area (Å²) in [6.07, 6.45) is 8.18. The van der Waals surface area contributed by atoms with E-state index >= 15 is 0 Å². The van der Waals surface area contributed by atoms with Crippen molar-refractivity contribution in [3.8, 4) is 10.6 Å². The molecule has 1 aromatic heterocycles. The predicted octanol–water partition coefficient (Wildman–Crippen LogP) is 4.52. The molecule has 3 heteroatoms. The lowest BCUT2D eigenvalue weighted by Gasteiger charge is -2.21. The minimum Gasteiger partial charge on any atom is -0.316 e. The van der Waals surface area contributed by atoms with Gasteiger partial charge in [-0.05, 0) is 25.3 Å². The summed E-state index contributed by atoms with van der Waals surface area (Å²) in [7, 11) is 0. The Hall–Kier alpha value is -1.19. The fraction of sp³-hybridized carbons (Fsp3) is 0.500. The van der Waals surface area contributed by atoms with Crippen LogP contribution < -0.4 is 5.32 Å². The first-order chi connectivity index (χ1) is 10.4. The van der Waals surface area contributed by atoms with E-state index in [2.05, 4.69) is 35.0 Å². The Morgan fingerprint density at radius 3 is 2.71 bits per heavy atom. The number of hydrogen-bond donors (Lipinski definition) is 1. The third kappa shape index (κ3) is 4.39. The first-order valence-electron chi connectivity index (χ1n) is 8.12. The number of rotatable bonds is 6. The van der Waals surface area contributed by atoms with Crippen LogP contribution in [0.5, 0.6) is 0 Å². The third-order valence-corrected chi connectivity index (χ3v) is 5.23. The fourth-order valence-corrected chi connectivity index (χ4v) is 3.91. The number of benzene rings is 1. The van der Waals surface area contributed by atoms with Crippen LogP contribution in [0.3, 0.4) is 0 Å². The predicted molar refractivity (Wildman–Crippen MR) is 90.7 cm³/mol. The smallest absolute Gasteiger partial charge is 0.123 e. The molecule has 1 N–H and O–H groups in total. The van der Waals surface area contributed by atoms with Crippen molar-refractivity contribution >= 4 is 11.3 Å². The normalized spacial score (nSPS) is 16.2. The van der Waals surface area contributed by atoms with E-state index in [0.717, 1.165) is 23.9 Å². The number of aromatic nitrogens is 1. The third-order valence-electron chi connectivity index (χ3n) is 4.29. The van der Waals surface area contributed by atoms with Crippen molar-refractivity contribution in [2.45, 2.75) is 38.5 Å². The molecule has 0 amide bonds. The summed E-state index contributed by atoms with van der Waals surface area (Å²) >= 11 is 1.75. The molecular weight excluding hydrogens is 276 g/mol. The zero-order chi connectivity index (χ0) is 14.3. The molecule has 3 rings (SSSR count). The van der Waals surface area contributed by atoms with E-state index in [1.807, 2.05) is 6.07 Å². The maximum Gasteiger partial charge on any atom is 0.123 e. The van der Waals surface area contributed by atoms with Crippen LogP contribution in [-0.4, -0.2) is 18.1 Å². The van der Waals surface area contributed by atoms with Gasteiger partial charge in [-0.1, -0.05) is 49.6 Å². The average molecular weight is 300 g/mol. The van der Waals surface area contributed by atoms with Gasteiger partial charge < -0.3 is 5.32 Å². The lowest BCUT2D eigenvalue weighted by molar-refractivity contribution is 0.343. The average Bonchev–Trinajstić information content (AvgIpc) is 3.02. The van der Waals surface area contributed by atoms with Gasteiger partial charge in [0, 0.05) is 23.9 Å². The maximum absolute atomic E-state index is 4.74. The Bertz CT molecular complexity index is 529. The molecule has 0 spiro atoms. The molecule has 21 heavy (non-hydrogen) atoms. The van der Waals surface area contributed by atoms with Crippen molar-refractivity contribution in [3.05, 3.63) is 41.4 Å². The minimum absolute atomic E-state index is 0.911. The largest absolute Gasteiger partial charge is 0.316 e. The quantitative estimate of drug-likeness (QED) is 0.793. The van der Waals surface area contributed by atoms with Crippen LogP contribution in [0.25, 0.3) is 10.6 Å². The molecule has 1 aliphatic carbocycles. The molecule has 1 heterocycles. The molecule has 0 radical (unpaired) electrons. The monoisotopic (exact) mass is 300 g/mol. The zero-order valence-corrected chi connectivity index (χ0v) is 13.4. The summed E-state index contributed by atoms with van der Waals surface area (Å²) in [6, 6.07) is 10.4. The molecule has 0 saturated heterocycles. The standard InChI is InChI=1S/C18H24N2S/c1-3-7-15(8-4-1)13-19-12-11-17-14-21-18(20-17)16-9-5-2-6-10-16/h2,5-6,9-10,14-15,19H,1,3-4,7-8,11-13H2. The molecular formula is C18H24N2S. The van der Waals surface area contributed by atoms with Gasteiger partial charge in [0.2, 0.25) is 0 Å². The summed E-state index contributed by atoms with van der Waals surface area (Å²) in [6.45, 7) is 2.24. The summed E-state index contributed by atoms with van der Waals surface area (Å²) in [5.74, 6) is 0.911. The Kier molecular flexibility index (Phi) is 5.41. The van der Waals surface area contributed by atoms with Crippen LogP contribution in [0.4, 0.5) is 0 Å². The first kappa shape index (κ1) is 14.7. The van der Waals surface area contributed by atoms with Gasteiger partial charge in [-0.25, -0.2) is 4.98 Å². The molecule has 1 aromatic carbocycles.